The second-order valence-corrected chi connectivity index (χ2v) is 5.72. The van der Waals surface area contributed by atoms with Gasteiger partial charge in [-0.2, -0.15) is 9.57 Å². The average molecular weight is 234 g/mol. The lowest BCUT2D eigenvalue weighted by molar-refractivity contribution is 0.170. The third kappa shape index (κ3) is 3.78. The van der Waals surface area contributed by atoms with E-state index in [2.05, 4.69) is 0 Å². The summed E-state index contributed by atoms with van der Waals surface area (Å²) in [4.78, 5) is 0. The normalized spacial score (nSPS) is 14.2. The highest BCUT2D eigenvalue weighted by atomic mass is 32.2. The summed E-state index contributed by atoms with van der Waals surface area (Å²) in [5.74, 6) is 0. The average Bonchev–Trinajstić information content (AvgIpc) is 2.16. The van der Waals surface area contributed by atoms with Gasteiger partial charge in [0, 0.05) is 19.7 Å². The fraction of sp³-hybridized carbons (Fsp3) is 0.889. The molecule has 0 heterocycles. The molecule has 0 aromatic heterocycles. The first kappa shape index (κ1) is 14.4. The minimum atomic E-state index is -3.53. The smallest absolute Gasteiger partial charge is 0.230 e. The van der Waals surface area contributed by atoms with Gasteiger partial charge >= 0.3 is 0 Å². The Labute approximate surface area is 91.7 Å². The second-order valence-electron chi connectivity index (χ2n) is 3.51. The number of nitrogens with zero attached hydrogens (tertiary/aromatic N) is 2. The van der Waals surface area contributed by atoms with Crippen molar-refractivity contribution in [3.63, 3.8) is 0 Å². The lowest BCUT2D eigenvalue weighted by Gasteiger charge is -2.26. The highest BCUT2D eigenvalue weighted by molar-refractivity contribution is 7.90. The maximum Gasteiger partial charge on any atom is 0.230 e. The van der Waals surface area contributed by atoms with Crippen molar-refractivity contribution in [1.82, 2.24) is 4.31 Å². The Morgan fingerprint density at radius 3 is 2.27 bits per heavy atom. The van der Waals surface area contributed by atoms with E-state index in [0.717, 1.165) is 0 Å². The third-order valence-electron chi connectivity index (χ3n) is 2.05. The van der Waals surface area contributed by atoms with Gasteiger partial charge in [-0.15, -0.1) is 0 Å². The first-order chi connectivity index (χ1) is 6.87. The Bertz CT molecular complexity index is 319. The van der Waals surface area contributed by atoms with Gasteiger partial charge in [0.2, 0.25) is 10.0 Å². The molecule has 0 N–H and O–H groups in total. The SMILES string of the molecule is COCCN(C(C)C)S(=O)(=O)C(C)C#N. The van der Waals surface area contributed by atoms with Crippen LogP contribution in [0, 0.1) is 11.3 Å². The molecule has 0 saturated carbocycles. The summed E-state index contributed by atoms with van der Waals surface area (Å²) in [6.45, 7) is 5.55. The van der Waals surface area contributed by atoms with Crippen molar-refractivity contribution in [2.24, 2.45) is 0 Å². The standard InChI is InChI=1S/C9H18N2O3S/c1-8(2)11(5-6-14-4)15(12,13)9(3)7-10/h8-9H,5-6H2,1-4H3. The van der Waals surface area contributed by atoms with Crippen molar-refractivity contribution >= 4 is 10.0 Å². The van der Waals surface area contributed by atoms with Crippen LogP contribution in [0.1, 0.15) is 20.8 Å². The van der Waals surface area contributed by atoms with Gasteiger partial charge in [0.15, 0.2) is 5.25 Å². The molecular weight excluding hydrogens is 216 g/mol. The van der Waals surface area contributed by atoms with Crippen LogP contribution in [-0.4, -0.2) is 44.3 Å². The fourth-order valence-corrected chi connectivity index (χ4v) is 2.59. The van der Waals surface area contributed by atoms with Crippen LogP contribution in [0.3, 0.4) is 0 Å². The Morgan fingerprint density at radius 2 is 1.93 bits per heavy atom. The van der Waals surface area contributed by atoms with E-state index < -0.39 is 15.3 Å². The molecule has 0 aliphatic rings. The van der Waals surface area contributed by atoms with E-state index in [4.69, 9.17) is 10.00 Å². The van der Waals surface area contributed by atoms with Gasteiger partial charge < -0.3 is 4.74 Å². The topological polar surface area (TPSA) is 70.4 Å². The van der Waals surface area contributed by atoms with E-state index in [1.54, 1.807) is 19.9 Å². The molecule has 0 aliphatic heterocycles. The summed E-state index contributed by atoms with van der Waals surface area (Å²) < 4.78 is 29.9. The van der Waals surface area contributed by atoms with Crippen molar-refractivity contribution in [2.75, 3.05) is 20.3 Å². The van der Waals surface area contributed by atoms with E-state index in [1.165, 1.54) is 18.3 Å². The Morgan fingerprint density at radius 1 is 1.40 bits per heavy atom. The minimum absolute atomic E-state index is 0.166. The van der Waals surface area contributed by atoms with Crippen LogP contribution in [0.4, 0.5) is 0 Å². The van der Waals surface area contributed by atoms with Gasteiger partial charge in [0.25, 0.3) is 0 Å². The van der Waals surface area contributed by atoms with Crippen LogP contribution in [0.5, 0.6) is 0 Å². The molecule has 0 saturated heterocycles. The van der Waals surface area contributed by atoms with Crippen LogP contribution in [0.15, 0.2) is 0 Å². The third-order valence-corrected chi connectivity index (χ3v) is 4.30. The number of hydrogen-bond donors (Lipinski definition) is 0. The lowest BCUT2D eigenvalue weighted by atomic mass is 10.4. The lowest BCUT2D eigenvalue weighted by Crippen LogP contribution is -2.43. The summed E-state index contributed by atoms with van der Waals surface area (Å²) >= 11 is 0. The number of ether oxygens (including phenoxy) is 1. The fourth-order valence-electron chi connectivity index (χ4n) is 1.13. The monoisotopic (exact) mass is 234 g/mol. The molecule has 0 radical (unpaired) electrons. The number of nitriles is 1. The van der Waals surface area contributed by atoms with Crippen molar-refractivity contribution < 1.29 is 13.2 Å². The molecule has 0 bridgehead atoms. The van der Waals surface area contributed by atoms with Gasteiger partial charge in [0.1, 0.15) is 0 Å². The van der Waals surface area contributed by atoms with Gasteiger partial charge in [-0.25, -0.2) is 8.42 Å². The van der Waals surface area contributed by atoms with Crippen LogP contribution >= 0.6 is 0 Å². The maximum atomic E-state index is 11.9. The zero-order valence-electron chi connectivity index (χ0n) is 9.60. The van der Waals surface area contributed by atoms with Crippen molar-refractivity contribution in [1.29, 1.82) is 5.26 Å². The predicted octanol–water partition coefficient (Wildman–Crippen LogP) is 0.585. The van der Waals surface area contributed by atoms with Crippen molar-refractivity contribution in [3.8, 4) is 6.07 Å². The summed E-state index contributed by atoms with van der Waals surface area (Å²) in [6.07, 6.45) is 0. The van der Waals surface area contributed by atoms with Gasteiger partial charge in [-0.05, 0) is 20.8 Å². The van der Waals surface area contributed by atoms with Crippen LogP contribution in [-0.2, 0) is 14.8 Å². The summed E-state index contributed by atoms with van der Waals surface area (Å²) in [6, 6.07) is 1.58. The quantitative estimate of drug-likeness (QED) is 0.674. The van der Waals surface area contributed by atoms with E-state index in [-0.39, 0.29) is 12.6 Å². The Balaban J connectivity index is 4.85. The van der Waals surface area contributed by atoms with Crippen molar-refractivity contribution in [2.45, 2.75) is 32.1 Å². The largest absolute Gasteiger partial charge is 0.383 e. The number of sulfonamides is 1. The molecule has 5 nitrogen and oxygen atoms in total. The van der Waals surface area contributed by atoms with Crippen LogP contribution in [0.25, 0.3) is 0 Å². The maximum absolute atomic E-state index is 11.9. The number of rotatable bonds is 6. The van der Waals surface area contributed by atoms with E-state index in [9.17, 15) is 8.42 Å². The first-order valence-electron chi connectivity index (χ1n) is 4.77. The zero-order valence-corrected chi connectivity index (χ0v) is 10.4. The summed E-state index contributed by atoms with van der Waals surface area (Å²) in [5.41, 5.74) is 0. The Kier molecular flexibility index (Phi) is 5.80. The molecule has 1 unspecified atom stereocenters. The highest BCUT2D eigenvalue weighted by Gasteiger charge is 2.30. The molecule has 0 fully saturated rings. The highest BCUT2D eigenvalue weighted by Crippen LogP contribution is 2.12. The molecule has 0 aliphatic carbocycles. The van der Waals surface area contributed by atoms with Crippen LogP contribution in [0.2, 0.25) is 0 Å². The Hall–Kier alpha value is -0.640. The van der Waals surface area contributed by atoms with Gasteiger partial charge in [-0.1, -0.05) is 0 Å². The van der Waals surface area contributed by atoms with Crippen molar-refractivity contribution in [3.05, 3.63) is 0 Å². The molecule has 6 heteroatoms. The molecule has 0 aromatic carbocycles. The molecule has 0 spiro atoms. The summed E-state index contributed by atoms with van der Waals surface area (Å²) in [5, 5.41) is 7.62. The number of hydrogen-bond acceptors (Lipinski definition) is 4. The minimum Gasteiger partial charge on any atom is -0.383 e. The molecule has 1 atom stereocenters. The van der Waals surface area contributed by atoms with E-state index >= 15 is 0 Å². The first-order valence-corrected chi connectivity index (χ1v) is 6.27. The molecule has 88 valence electrons. The molecular formula is C9H18N2O3S. The van der Waals surface area contributed by atoms with Gasteiger partial charge in [0.05, 0.1) is 12.7 Å². The van der Waals surface area contributed by atoms with Gasteiger partial charge in [-0.3, -0.25) is 0 Å². The van der Waals surface area contributed by atoms with Crippen LogP contribution < -0.4 is 0 Å². The summed E-state index contributed by atoms with van der Waals surface area (Å²) in [7, 11) is -2.02. The van der Waals surface area contributed by atoms with E-state index in [0.29, 0.717) is 6.61 Å². The molecule has 0 rings (SSSR count). The zero-order chi connectivity index (χ0) is 12.1. The number of methoxy groups -OCH3 is 1. The molecule has 15 heavy (non-hydrogen) atoms. The van der Waals surface area contributed by atoms with E-state index in [1.807, 2.05) is 0 Å². The second kappa shape index (κ2) is 6.05. The molecule has 0 amide bonds. The molecule has 0 aromatic rings. The predicted molar refractivity (Wildman–Crippen MR) is 57.7 cm³/mol.